The van der Waals surface area contributed by atoms with Crippen LogP contribution in [-0.2, 0) is 0 Å². The number of anilines is 1. The fraction of sp³-hybridized carbons (Fsp3) is 0.650. The van der Waals surface area contributed by atoms with Crippen molar-refractivity contribution in [3.8, 4) is 0 Å². The minimum absolute atomic E-state index is 0.689. The third-order valence-electron chi connectivity index (χ3n) is 5.77. The molecule has 0 saturated carbocycles. The number of guanidine groups is 1. The number of piperidine rings is 1. The zero-order valence-corrected chi connectivity index (χ0v) is 17.4. The molecule has 6 nitrogen and oxygen atoms in total. The predicted molar refractivity (Wildman–Crippen MR) is 115 cm³/mol. The van der Waals surface area contributed by atoms with Crippen LogP contribution in [-0.4, -0.2) is 93.2 Å². The molecule has 2 aliphatic heterocycles. The maximum atomic E-state index is 6.24. The van der Waals surface area contributed by atoms with Gasteiger partial charge in [0.2, 0.25) is 0 Å². The van der Waals surface area contributed by atoms with Crippen molar-refractivity contribution in [2.24, 2.45) is 10.7 Å². The second-order valence-corrected chi connectivity index (χ2v) is 8.16. The molecule has 0 amide bonds. The summed E-state index contributed by atoms with van der Waals surface area (Å²) in [6.07, 6.45) is 2.50. The second-order valence-electron chi connectivity index (χ2n) is 7.73. The SMILES string of the molecule is CN(C)C1CCN(CCN=C(N)N2CCN(c3ccc(Cl)cc3)CC2)CC1. The van der Waals surface area contributed by atoms with Crippen LogP contribution in [0.1, 0.15) is 12.8 Å². The number of piperazine rings is 1. The van der Waals surface area contributed by atoms with E-state index in [1.165, 1.54) is 18.5 Å². The van der Waals surface area contributed by atoms with Gasteiger partial charge < -0.3 is 25.3 Å². The monoisotopic (exact) mass is 392 g/mol. The Hall–Kier alpha value is -1.50. The van der Waals surface area contributed by atoms with E-state index >= 15 is 0 Å². The molecule has 0 aromatic heterocycles. The molecule has 0 atom stereocenters. The Labute approximate surface area is 168 Å². The van der Waals surface area contributed by atoms with E-state index < -0.39 is 0 Å². The number of aliphatic imine (C=N–C) groups is 1. The Morgan fingerprint density at radius 3 is 2.30 bits per heavy atom. The van der Waals surface area contributed by atoms with Crippen LogP contribution in [0.2, 0.25) is 5.02 Å². The number of benzene rings is 1. The van der Waals surface area contributed by atoms with Gasteiger partial charge in [0.15, 0.2) is 5.96 Å². The van der Waals surface area contributed by atoms with E-state index in [-0.39, 0.29) is 0 Å². The Morgan fingerprint density at radius 1 is 1.07 bits per heavy atom. The van der Waals surface area contributed by atoms with Gasteiger partial charge in [0, 0.05) is 49.5 Å². The van der Waals surface area contributed by atoms with Crippen LogP contribution in [0.5, 0.6) is 0 Å². The molecular formula is C20H33ClN6. The molecule has 2 fully saturated rings. The van der Waals surface area contributed by atoms with Crippen molar-refractivity contribution in [3.63, 3.8) is 0 Å². The number of hydrogen-bond acceptors (Lipinski definition) is 4. The van der Waals surface area contributed by atoms with E-state index in [2.05, 4.69) is 50.8 Å². The molecule has 0 spiro atoms. The highest BCUT2D eigenvalue weighted by Gasteiger charge is 2.21. The van der Waals surface area contributed by atoms with Gasteiger partial charge in [0.25, 0.3) is 0 Å². The van der Waals surface area contributed by atoms with Gasteiger partial charge in [-0.3, -0.25) is 4.99 Å². The average Bonchev–Trinajstić information content (AvgIpc) is 2.69. The van der Waals surface area contributed by atoms with E-state index in [1.807, 2.05) is 12.1 Å². The quantitative estimate of drug-likeness (QED) is 0.611. The molecular weight excluding hydrogens is 360 g/mol. The van der Waals surface area contributed by atoms with Crippen molar-refractivity contribution >= 4 is 23.2 Å². The molecule has 2 aliphatic rings. The molecule has 0 unspecified atom stereocenters. The molecule has 27 heavy (non-hydrogen) atoms. The number of rotatable bonds is 5. The molecule has 150 valence electrons. The third-order valence-corrected chi connectivity index (χ3v) is 6.02. The summed E-state index contributed by atoms with van der Waals surface area (Å²) in [7, 11) is 4.36. The summed E-state index contributed by atoms with van der Waals surface area (Å²) in [5.74, 6) is 0.689. The average molecular weight is 393 g/mol. The molecule has 0 aliphatic carbocycles. The smallest absolute Gasteiger partial charge is 0.191 e. The predicted octanol–water partition coefficient (Wildman–Crippen LogP) is 1.80. The van der Waals surface area contributed by atoms with Crippen LogP contribution in [0.3, 0.4) is 0 Å². The topological polar surface area (TPSA) is 51.3 Å². The second kappa shape index (κ2) is 9.62. The molecule has 0 bridgehead atoms. The zero-order valence-electron chi connectivity index (χ0n) is 16.6. The van der Waals surface area contributed by atoms with Crippen LogP contribution in [0.25, 0.3) is 0 Å². The molecule has 2 N–H and O–H groups in total. The molecule has 1 aromatic carbocycles. The van der Waals surface area contributed by atoms with Crippen molar-refractivity contribution in [2.45, 2.75) is 18.9 Å². The first-order chi connectivity index (χ1) is 13.0. The van der Waals surface area contributed by atoms with E-state index in [1.54, 1.807) is 0 Å². The van der Waals surface area contributed by atoms with Crippen LogP contribution >= 0.6 is 11.6 Å². The van der Waals surface area contributed by atoms with E-state index in [9.17, 15) is 0 Å². The summed E-state index contributed by atoms with van der Waals surface area (Å²) in [4.78, 5) is 14.1. The minimum atomic E-state index is 0.689. The van der Waals surface area contributed by atoms with Gasteiger partial charge in [0.05, 0.1) is 6.54 Å². The van der Waals surface area contributed by atoms with Crippen molar-refractivity contribution in [1.29, 1.82) is 0 Å². The number of halogens is 1. The summed E-state index contributed by atoms with van der Waals surface area (Å²) in [5, 5.41) is 0.778. The molecule has 3 rings (SSSR count). The van der Waals surface area contributed by atoms with Crippen LogP contribution < -0.4 is 10.6 Å². The lowest BCUT2D eigenvalue weighted by Gasteiger charge is -2.37. The Kier molecular flexibility index (Phi) is 7.21. The van der Waals surface area contributed by atoms with E-state index in [0.29, 0.717) is 5.96 Å². The largest absolute Gasteiger partial charge is 0.370 e. The van der Waals surface area contributed by atoms with Gasteiger partial charge in [-0.25, -0.2) is 0 Å². The van der Waals surface area contributed by atoms with Crippen LogP contribution in [0, 0.1) is 0 Å². The van der Waals surface area contributed by atoms with Crippen molar-refractivity contribution in [3.05, 3.63) is 29.3 Å². The fourth-order valence-corrected chi connectivity index (χ4v) is 4.04. The highest BCUT2D eigenvalue weighted by molar-refractivity contribution is 6.30. The van der Waals surface area contributed by atoms with E-state index in [4.69, 9.17) is 17.3 Å². The first-order valence-corrected chi connectivity index (χ1v) is 10.3. The Balaban J connectivity index is 1.39. The first-order valence-electron chi connectivity index (χ1n) is 9.97. The van der Waals surface area contributed by atoms with Gasteiger partial charge in [-0.15, -0.1) is 0 Å². The summed E-state index contributed by atoms with van der Waals surface area (Å²) < 4.78 is 0. The maximum Gasteiger partial charge on any atom is 0.191 e. The Bertz CT molecular complexity index is 601. The number of nitrogens with zero attached hydrogens (tertiary/aromatic N) is 5. The fourth-order valence-electron chi connectivity index (χ4n) is 3.91. The van der Waals surface area contributed by atoms with Gasteiger partial charge >= 0.3 is 0 Å². The van der Waals surface area contributed by atoms with Crippen LogP contribution in [0.4, 0.5) is 5.69 Å². The molecule has 0 radical (unpaired) electrons. The minimum Gasteiger partial charge on any atom is -0.370 e. The van der Waals surface area contributed by atoms with E-state index in [0.717, 1.165) is 63.4 Å². The van der Waals surface area contributed by atoms with Gasteiger partial charge in [0.1, 0.15) is 0 Å². The maximum absolute atomic E-state index is 6.24. The summed E-state index contributed by atoms with van der Waals surface area (Å²) in [6, 6.07) is 8.77. The molecule has 1 aromatic rings. The normalized spacial score (nSPS) is 20.5. The lowest BCUT2D eigenvalue weighted by Crippen LogP contribution is -2.51. The van der Waals surface area contributed by atoms with Gasteiger partial charge in [-0.05, 0) is 64.3 Å². The zero-order chi connectivity index (χ0) is 19.2. The molecule has 7 heteroatoms. The molecule has 2 heterocycles. The number of hydrogen-bond donors (Lipinski definition) is 1. The van der Waals surface area contributed by atoms with Crippen molar-refractivity contribution in [1.82, 2.24) is 14.7 Å². The van der Waals surface area contributed by atoms with Crippen molar-refractivity contribution in [2.75, 3.05) is 71.4 Å². The standard InChI is InChI=1S/C20H33ClN6/c1-24(2)18-7-10-25(11-8-18)12-9-23-20(22)27-15-13-26(14-16-27)19-5-3-17(21)4-6-19/h3-6,18H,7-16H2,1-2H3,(H2,22,23). The summed E-state index contributed by atoms with van der Waals surface area (Å²) in [6.45, 7) is 7.85. The lowest BCUT2D eigenvalue weighted by atomic mass is 10.0. The summed E-state index contributed by atoms with van der Waals surface area (Å²) in [5.41, 5.74) is 7.46. The number of nitrogens with two attached hydrogens (primary N) is 1. The molecule has 2 saturated heterocycles. The van der Waals surface area contributed by atoms with Crippen LogP contribution in [0.15, 0.2) is 29.3 Å². The lowest BCUT2D eigenvalue weighted by molar-refractivity contribution is 0.148. The Morgan fingerprint density at radius 2 is 1.70 bits per heavy atom. The highest BCUT2D eigenvalue weighted by Crippen LogP contribution is 2.19. The van der Waals surface area contributed by atoms with Gasteiger partial charge in [-0.1, -0.05) is 11.6 Å². The summed E-state index contributed by atoms with van der Waals surface area (Å²) >= 11 is 5.98. The van der Waals surface area contributed by atoms with Crippen molar-refractivity contribution < 1.29 is 0 Å². The third kappa shape index (κ3) is 5.74. The number of likely N-dealkylation sites (tertiary alicyclic amines) is 1. The van der Waals surface area contributed by atoms with Gasteiger partial charge in [-0.2, -0.15) is 0 Å². The highest BCUT2D eigenvalue weighted by atomic mass is 35.5. The first kappa shape index (κ1) is 20.2.